The van der Waals surface area contributed by atoms with Crippen molar-refractivity contribution in [2.24, 2.45) is 0 Å². The Morgan fingerprint density at radius 1 is 1.29 bits per heavy atom. The summed E-state index contributed by atoms with van der Waals surface area (Å²) in [4.78, 5) is 37.7. The number of halogens is 1. The standard InChI is InChI=1S/C23H21FN4O6/c1-14-8-20(27-34-14)26-21(29)13-33-19-5-4-17(24)10-18(19)22(30)16-9-15(11-25)23(31)28(12-16)6-3-7-32-2/h4-5,8-10,12H,3,6-7,13H2,1-2H3,(H,26,27,29). The number of hydrogen-bond acceptors (Lipinski definition) is 8. The topological polar surface area (TPSA) is 136 Å². The molecular weight excluding hydrogens is 447 g/mol. The monoisotopic (exact) mass is 468 g/mol. The van der Waals surface area contributed by atoms with Crippen LogP contribution < -0.4 is 15.6 Å². The van der Waals surface area contributed by atoms with E-state index >= 15 is 0 Å². The third-order valence-electron chi connectivity index (χ3n) is 4.66. The van der Waals surface area contributed by atoms with Crippen molar-refractivity contribution in [3.8, 4) is 11.8 Å². The number of anilines is 1. The Labute approximate surface area is 193 Å². The van der Waals surface area contributed by atoms with Crippen molar-refractivity contribution in [1.82, 2.24) is 9.72 Å². The molecule has 176 valence electrons. The predicted octanol–water partition coefficient (Wildman–Crippen LogP) is 2.44. The van der Waals surface area contributed by atoms with Crippen LogP contribution >= 0.6 is 0 Å². The molecule has 0 aliphatic heterocycles. The third kappa shape index (κ3) is 5.93. The normalized spacial score (nSPS) is 10.5. The molecule has 3 aromatic rings. The van der Waals surface area contributed by atoms with Gasteiger partial charge in [-0.05, 0) is 37.6 Å². The highest BCUT2D eigenvalue weighted by Gasteiger charge is 2.20. The van der Waals surface area contributed by atoms with Gasteiger partial charge < -0.3 is 23.9 Å². The molecule has 2 aromatic heterocycles. The zero-order valence-electron chi connectivity index (χ0n) is 18.5. The number of benzene rings is 1. The first-order chi connectivity index (χ1) is 16.3. The Bertz CT molecular complexity index is 1310. The minimum atomic E-state index is -0.702. The van der Waals surface area contributed by atoms with E-state index in [4.69, 9.17) is 14.0 Å². The molecule has 0 saturated carbocycles. The van der Waals surface area contributed by atoms with E-state index in [1.54, 1.807) is 13.0 Å². The lowest BCUT2D eigenvalue weighted by molar-refractivity contribution is -0.118. The minimum Gasteiger partial charge on any atom is -0.483 e. The zero-order valence-corrected chi connectivity index (χ0v) is 18.5. The molecule has 0 atom stereocenters. The van der Waals surface area contributed by atoms with Gasteiger partial charge in [0.1, 0.15) is 29.0 Å². The van der Waals surface area contributed by atoms with Gasteiger partial charge in [-0.3, -0.25) is 14.4 Å². The maximum atomic E-state index is 14.0. The number of pyridine rings is 1. The number of nitrogens with one attached hydrogen (secondary N) is 1. The first-order valence-corrected chi connectivity index (χ1v) is 10.2. The summed E-state index contributed by atoms with van der Waals surface area (Å²) in [5, 5.41) is 15.4. The average molecular weight is 468 g/mol. The molecule has 0 bridgehead atoms. The Morgan fingerprint density at radius 2 is 2.09 bits per heavy atom. The number of hydrogen-bond donors (Lipinski definition) is 1. The van der Waals surface area contributed by atoms with E-state index in [1.807, 2.05) is 0 Å². The van der Waals surface area contributed by atoms with E-state index in [9.17, 15) is 24.0 Å². The molecule has 3 rings (SSSR count). The van der Waals surface area contributed by atoms with Crippen molar-refractivity contribution in [3.63, 3.8) is 0 Å². The van der Waals surface area contributed by atoms with Crippen LogP contribution in [0.3, 0.4) is 0 Å². The Balaban J connectivity index is 1.85. The van der Waals surface area contributed by atoms with E-state index in [0.717, 1.165) is 18.2 Å². The summed E-state index contributed by atoms with van der Waals surface area (Å²) in [5.74, 6) is -1.31. The van der Waals surface area contributed by atoms with Gasteiger partial charge in [-0.2, -0.15) is 5.26 Å². The smallest absolute Gasteiger partial charge is 0.268 e. The van der Waals surface area contributed by atoms with Crippen LogP contribution in [-0.4, -0.2) is 41.7 Å². The highest BCUT2D eigenvalue weighted by atomic mass is 19.1. The van der Waals surface area contributed by atoms with E-state index in [1.165, 1.54) is 30.0 Å². The highest BCUT2D eigenvalue weighted by molar-refractivity contribution is 6.10. The Kier molecular flexibility index (Phi) is 7.89. The van der Waals surface area contributed by atoms with Crippen LogP contribution in [0.25, 0.3) is 0 Å². The fourth-order valence-corrected chi connectivity index (χ4v) is 3.09. The molecule has 34 heavy (non-hydrogen) atoms. The van der Waals surface area contributed by atoms with Crippen LogP contribution in [0.15, 0.2) is 45.8 Å². The van der Waals surface area contributed by atoms with E-state index in [2.05, 4.69) is 10.5 Å². The van der Waals surface area contributed by atoms with Gasteiger partial charge in [-0.15, -0.1) is 0 Å². The fourth-order valence-electron chi connectivity index (χ4n) is 3.09. The van der Waals surface area contributed by atoms with Crippen molar-refractivity contribution in [2.75, 3.05) is 25.6 Å². The number of aryl methyl sites for hydroxylation is 2. The van der Waals surface area contributed by atoms with E-state index < -0.39 is 29.7 Å². The molecule has 2 heterocycles. The summed E-state index contributed by atoms with van der Waals surface area (Å²) in [6.45, 7) is 1.77. The number of aromatic nitrogens is 2. The van der Waals surface area contributed by atoms with Crippen molar-refractivity contribution < 1.29 is 28.0 Å². The molecule has 1 aromatic carbocycles. The molecule has 1 N–H and O–H groups in total. The molecule has 0 saturated heterocycles. The fraction of sp³-hybridized carbons (Fsp3) is 0.261. The highest BCUT2D eigenvalue weighted by Crippen LogP contribution is 2.23. The summed E-state index contributed by atoms with van der Waals surface area (Å²) in [7, 11) is 1.52. The zero-order chi connectivity index (χ0) is 24.7. The van der Waals surface area contributed by atoms with Crippen LogP contribution in [0.2, 0.25) is 0 Å². The van der Waals surface area contributed by atoms with Gasteiger partial charge in [-0.25, -0.2) is 4.39 Å². The first kappa shape index (κ1) is 24.3. The number of carbonyl (C=O) groups excluding carboxylic acids is 2. The quantitative estimate of drug-likeness (QED) is 0.354. The summed E-state index contributed by atoms with van der Waals surface area (Å²) in [6, 6.07) is 7.69. The van der Waals surface area contributed by atoms with Gasteiger partial charge in [0.25, 0.3) is 11.5 Å². The number of ketones is 1. The molecule has 0 fully saturated rings. The number of carbonyl (C=O) groups is 2. The number of nitriles is 1. The van der Waals surface area contributed by atoms with Crippen molar-refractivity contribution in [3.05, 3.63) is 75.2 Å². The minimum absolute atomic E-state index is 0.00783. The second-order valence-electron chi connectivity index (χ2n) is 7.23. The van der Waals surface area contributed by atoms with Crippen LogP contribution in [0.1, 0.15) is 33.7 Å². The molecule has 1 amide bonds. The third-order valence-corrected chi connectivity index (χ3v) is 4.66. The predicted molar refractivity (Wildman–Crippen MR) is 117 cm³/mol. The lowest BCUT2D eigenvalue weighted by atomic mass is 10.0. The van der Waals surface area contributed by atoms with E-state index in [-0.39, 0.29) is 34.8 Å². The summed E-state index contributed by atoms with van der Waals surface area (Å²) in [6.07, 6.45) is 1.78. The number of ether oxygens (including phenoxy) is 2. The molecular formula is C23H21FN4O6. The van der Waals surface area contributed by atoms with Gasteiger partial charge in [-0.1, -0.05) is 5.16 Å². The largest absolute Gasteiger partial charge is 0.483 e. The van der Waals surface area contributed by atoms with Crippen LogP contribution in [0, 0.1) is 24.1 Å². The molecule has 11 heteroatoms. The summed E-state index contributed by atoms with van der Waals surface area (Å²) >= 11 is 0. The Hall–Kier alpha value is -4.30. The molecule has 10 nitrogen and oxygen atoms in total. The molecule has 0 radical (unpaired) electrons. The van der Waals surface area contributed by atoms with Gasteiger partial charge in [0.2, 0.25) is 0 Å². The lowest BCUT2D eigenvalue weighted by Gasteiger charge is -2.12. The lowest BCUT2D eigenvalue weighted by Crippen LogP contribution is -2.25. The number of amides is 1. The van der Waals surface area contributed by atoms with Crippen LogP contribution in [-0.2, 0) is 16.1 Å². The molecule has 0 aliphatic carbocycles. The van der Waals surface area contributed by atoms with Crippen molar-refractivity contribution in [2.45, 2.75) is 19.9 Å². The number of rotatable bonds is 10. The average Bonchev–Trinajstić information content (AvgIpc) is 3.23. The second-order valence-corrected chi connectivity index (χ2v) is 7.23. The van der Waals surface area contributed by atoms with Gasteiger partial charge in [0, 0.05) is 38.1 Å². The summed E-state index contributed by atoms with van der Waals surface area (Å²) < 4.78 is 30.5. The molecule has 0 aliphatic rings. The van der Waals surface area contributed by atoms with E-state index in [0.29, 0.717) is 18.8 Å². The molecule has 0 unspecified atom stereocenters. The van der Waals surface area contributed by atoms with Crippen LogP contribution in [0.5, 0.6) is 5.75 Å². The first-order valence-electron chi connectivity index (χ1n) is 10.2. The van der Waals surface area contributed by atoms with Gasteiger partial charge in [0.15, 0.2) is 18.2 Å². The SMILES string of the molecule is COCCCn1cc(C(=O)c2cc(F)ccc2OCC(=O)Nc2cc(C)on2)cc(C#N)c1=O. The maximum absolute atomic E-state index is 14.0. The van der Waals surface area contributed by atoms with Crippen LogP contribution in [0.4, 0.5) is 10.2 Å². The second kappa shape index (κ2) is 11.0. The van der Waals surface area contributed by atoms with Crippen molar-refractivity contribution >= 4 is 17.5 Å². The van der Waals surface area contributed by atoms with Crippen molar-refractivity contribution in [1.29, 1.82) is 5.26 Å². The molecule has 0 spiro atoms. The number of methoxy groups -OCH3 is 1. The summed E-state index contributed by atoms with van der Waals surface area (Å²) in [5.41, 5.74) is -0.961. The van der Waals surface area contributed by atoms with Gasteiger partial charge in [0.05, 0.1) is 5.56 Å². The Morgan fingerprint density at radius 3 is 2.76 bits per heavy atom. The van der Waals surface area contributed by atoms with Gasteiger partial charge >= 0.3 is 0 Å². The number of nitrogens with zero attached hydrogens (tertiary/aromatic N) is 3. The maximum Gasteiger partial charge on any atom is 0.268 e.